The molecule has 0 aromatic rings. The molecule has 138 valence electrons. The monoisotopic (exact) mass is 350 g/mol. The Hall–Kier alpha value is -0.950. The first-order valence-electron chi connectivity index (χ1n) is 9.40. The van der Waals surface area contributed by atoms with Crippen LogP contribution in [0.25, 0.3) is 0 Å². The number of esters is 1. The van der Waals surface area contributed by atoms with Crippen molar-refractivity contribution in [3.63, 3.8) is 0 Å². The number of hydrogen-bond donors (Lipinski definition) is 0. The highest BCUT2D eigenvalue weighted by Crippen LogP contribution is 2.63. The second-order valence-electron chi connectivity index (χ2n) is 8.48. The molecule has 6 fully saturated rings. The van der Waals surface area contributed by atoms with E-state index in [1.807, 2.05) is 0 Å². The van der Waals surface area contributed by atoms with Crippen molar-refractivity contribution < 1.29 is 28.5 Å². The first-order chi connectivity index (χ1) is 12.0. The minimum Gasteiger partial charge on any atom is -0.429 e. The van der Waals surface area contributed by atoms with Gasteiger partial charge in [-0.3, -0.25) is 0 Å². The molecular weight excluding hydrogens is 324 g/mol. The zero-order valence-corrected chi connectivity index (χ0v) is 14.8. The van der Waals surface area contributed by atoms with Crippen molar-refractivity contribution in [2.75, 3.05) is 7.11 Å². The van der Waals surface area contributed by atoms with Gasteiger partial charge in [0, 0.05) is 24.5 Å². The van der Waals surface area contributed by atoms with Gasteiger partial charge in [0.05, 0.1) is 0 Å². The Morgan fingerprint density at radius 1 is 1.00 bits per heavy atom. The van der Waals surface area contributed by atoms with Gasteiger partial charge in [0.15, 0.2) is 18.2 Å². The number of fused-ring (bicyclic) bond motifs is 1. The molecular formula is C19H26O6. The SMILES string of the molecule is C=C(C)C(=O)OC1OC(OC)C2OC3(OC12)C1CC2CC(C1)CC3C2. The Bertz CT molecular complexity index is 573. The fraction of sp³-hybridized carbons (Fsp3) is 0.842. The molecule has 4 bridgehead atoms. The molecule has 6 heteroatoms. The van der Waals surface area contributed by atoms with Crippen LogP contribution in [0.15, 0.2) is 12.2 Å². The molecule has 25 heavy (non-hydrogen) atoms. The van der Waals surface area contributed by atoms with Gasteiger partial charge in [-0.2, -0.15) is 0 Å². The third kappa shape index (κ3) is 2.27. The summed E-state index contributed by atoms with van der Waals surface area (Å²) in [4.78, 5) is 12.0. The number of carbonyl (C=O) groups is 1. The van der Waals surface area contributed by atoms with Crippen LogP contribution in [0.3, 0.4) is 0 Å². The van der Waals surface area contributed by atoms with E-state index in [2.05, 4.69) is 6.58 Å². The summed E-state index contributed by atoms with van der Waals surface area (Å²) in [7, 11) is 1.58. The van der Waals surface area contributed by atoms with Gasteiger partial charge < -0.3 is 23.7 Å². The smallest absolute Gasteiger partial charge is 0.335 e. The highest BCUT2D eigenvalue weighted by Gasteiger charge is 2.68. The first kappa shape index (κ1) is 16.2. The lowest BCUT2D eigenvalue weighted by Gasteiger charge is -2.58. The van der Waals surface area contributed by atoms with Crippen molar-refractivity contribution in [3.8, 4) is 0 Å². The van der Waals surface area contributed by atoms with E-state index >= 15 is 0 Å². The van der Waals surface area contributed by atoms with Crippen molar-refractivity contribution in [2.24, 2.45) is 23.7 Å². The van der Waals surface area contributed by atoms with E-state index in [1.54, 1.807) is 14.0 Å². The minimum absolute atomic E-state index is 0.337. The van der Waals surface area contributed by atoms with Gasteiger partial charge in [-0.25, -0.2) is 4.79 Å². The fourth-order valence-corrected chi connectivity index (χ4v) is 6.01. The lowest BCUT2D eigenvalue weighted by molar-refractivity contribution is -0.335. The van der Waals surface area contributed by atoms with Crippen LogP contribution in [-0.4, -0.2) is 43.7 Å². The van der Waals surface area contributed by atoms with Crippen LogP contribution < -0.4 is 0 Å². The summed E-state index contributed by atoms with van der Waals surface area (Å²) in [6.45, 7) is 5.25. The Morgan fingerprint density at radius 2 is 1.56 bits per heavy atom. The van der Waals surface area contributed by atoms with Crippen LogP contribution >= 0.6 is 0 Å². The Labute approximate surface area is 147 Å². The molecule has 0 N–H and O–H groups in total. The lowest BCUT2D eigenvalue weighted by atomic mass is 9.53. The Kier molecular flexibility index (Phi) is 3.59. The summed E-state index contributed by atoms with van der Waals surface area (Å²) in [5, 5.41) is 0. The maximum Gasteiger partial charge on any atom is 0.335 e. The standard InChI is InChI=1S/C19H26O6/c1-9(2)16(20)22-18-15-14(17(21-3)23-18)24-19(25-15)12-5-10-4-11(7-12)8-13(19)6-10/h10-15,17-18H,1,4-8H2,2-3H3. The van der Waals surface area contributed by atoms with Gasteiger partial charge in [-0.05, 0) is 50.9 Å². The van der Waals surface area contributed by atoms with Crippen LogP contribution in [-0.2, 0) is 28.5 Å². The number of carbonyl (C=O) groups excluding carboxylic acids is 1. The maximum absolute atomic E-state index is 12.0. The summed E-state index contributed by atoms with van der Waals surface area (Å²) >= 11 is 0. The molecule has 2 saturated heterocycles. The van der Waals surface area contributed by atoms with Crippen LogP contribution in [0.1, 0.15) is 39.0 Å². The minimum atomic E-state index is -0.810. The summed E-state index contributed by atoms with van der Waals surface area (Å²) in [5.41, 5.74) is 0.337. The van der Waals surface area contributed by atoms with Crippen LogP contribution in [0.2, 0.25) is 0 Å². The van der Waals surface area contributed by atoms with E-state index < -0.39 is 30.4 Å². The van der Waals surface area contributed by atoms with Gasteiger partial charge in [0.25, 0.3) is 0 Å². The molecule has 2 aliphatic heterocycles. The van der Waals surface area contributed by atoms with E-state index in [0.29, 0.717) is 17.4 Å². The van der Waals surface area contributed by atoms with E-state index in [0.717, 1.165) is 11.8 Å². The zero-order chi connectivity index (χ0) is 17.3. The highest BCUT2D eigenvalue weighted by molar-refractivity contribution is 5.87. The topological polar surface area (TPSA) is 63.2 Å². The normalized spacial score (nSPS) is 52.6. The summed E-state index contributed by atoms with van der Waals surface area (Å²) in [6, 6.07) is 0. The molecule has 0 aromatic carbocycles. The molecule has 4 unspecified atom stereocenters. The fourth-order valence-electron chi connectivity index (χ4n) is 6.01. The molecule has 6 rings (SSSR count). The third-order valence-corrected chi connectivity index (χ3v) is 6.85. The average molecular weight is 350 g/mol. The van der Waals surface area contributed by atoms with Gasteiger partial charge in [0.1, 0.15) is 6.10 Å². The zero-order valence-electron chi connectivity index (χ0n) is 14.8. The Morgan fingerprint density at radius 3 is 2.08 bits per heavy atom. The average Bonchev–Trinajstić information content (AvgIpc) is 3.10. The molecule has 6 nitrogen and oxygen atoms in total. The largest absolute Gasteiger partial charge is 0.429 e. The number of ether oxygens (including phenoxy) is 5. The van der Waals surface area contributed by atoms with E-state index in [9.17, 15) is 4.79 Å². The second kappa shape index (κ2) is 5.52. The molecule has 4 aliphatic carbocycles. The summed E-state index contributed by atoms with van der Waals surface area (Å²) in [5.74, 6) is 1.50. The molecule has 2 heterocycles. The number of methoxy groups -OCH3 is 1. The second-order valence-corrected chi connectivity index (χ2v) is 8.48. The molecule has 0 amide bonds. The molecule has 4 saturated carbocycles. The maximum atomic E-state index is 12.0. The highest BCUT2D eigenvalue weighted by atomic mass is 16.8. The van der Waals surface area contributed by atoms with Crippen molar-refractivity contribution in [3.05, 3.63) is 12.2 Å². The van der Waals surface area contributed by atoms with E-state index in [-0.39, 0.29) is 6.10 Å². The van der Waals surface area contributed by atoms with Gasteiger partial charge in [-0.1, -0.05) is 6.58 Å². The van der Waals surface area contributed by atoms with Crippen molar-refractivity contribution in [1.29, 1.82) is 0 Å². The summed E-state index contributed by atoms with van der Waals surface area (Å²) < 4.78 is 29.7. The van der Waals surface area contributed by atoms with E-state index in [1.165, 1.54) is 32.1 Å². The molecule has 6 aliphatic rings. The molecule has 1 spiro atoms. The number of hydrogen-bond acceptors (Lipinski definition) is 6. The molecule has 0 radical (unpaired) electrons. The molecule has 0 aromatic heterocycles. The van der Waals surface area contributed by atoms with Crippen LogP contribution in [0.4, 0.5) is 0 Å². The molecule has 4 atom stereocenters. The predicted molar refractivity (Wildman–Crippen MR) is 86.1 cm³/mol. The van der Waals surface area contributed by atoms with Gasteiger partial charge in [0.2, 0.25) is 6.29 Å². The Balaban J connectivity index is 1.40. The van der Waals surface area contributed by atoms with Crippen molar-refractivity contribution >= 4 is 5.97 Å². The first-order valence-corrected chi connectivity index (χ1v) is 9.40. The number of rotatable bonds is 3. The quantitative estimate of drug-likeness (QED) is 0.575. The third-order valence-electron chi connectivity index (χ3n) is 6.85. The van der Waals surface area contributed by atoms with Crippen LogP contribution in [0, 0.1) is 23.7 Å². The van der Waals surface area contributed by atoms with Gasteiger partial charge in [-0.15, -0.1) is 0 Å². The predicted octanol–water partition coefficient (Wildman–Crippen LogP) is 2.37. The van der Waals surface area contributed by atoms with Crippen molar-refractivity contribution in [1.82, 2.24) is 0 Å². The van der Waals surface area contributed by atoms with Gasteiger partial charge >= 0.3 is 5.97 Å². The van der Waals surface area contributed by atoms with Crippen molar-refractivity contribution in [2.45, 2.75) is 69.6 Å². The van der Waals surface area contributed by atoms with Crippen LogP contribution in [0.5, 0.6) is 0 Å². The lowest BCUT2D eigenvalue weighted by Crippen LogP contribution is -2.59. The summed E-state index contributed by atoms with van der Waals surface area (Å²) in [6.07, 6.45) is 3.92. The van der Waals surface area contributed by atoms with E-state index in [4.69, 9.17) is 23.7 Å².